The first kappa shape index (κ1) is 9.84. The van der Waals surface area contributed by atoms with Gasteiger partial charge in [-0.15, -0.1) is 0 Å². The van der Waals surface area contributed by atoms with E-state index in [4.69, 9.17) is 17.3 Å². The molecule has 2 N–H and O–H groups in total. The molecule has 0 amide bonds. The maximum Gasteiger partial charge on any atom is 0.164 e. The summed E-state index contributed by atoms with van der Waals surface area (Å²) in [4.78, 5) is 0. The Bertz CT molecular complexity index is 326. The second kappa shape index (κ2) is 3.81. The molecule has 1 saturated carbocycles. The number of rotatable bonds is 1. The zero-order valence-corrected chi connectivity index (χ0v) is 9.22. The van der Waals surface area contributed by atoms with Crippen molar-refractivity contribution in [1.82, 2.24) is 9.78 Å². The van der Waals surface area contributed by atoms with Crippen LogP contribution in [0.2, 0.25) is 5.02 Å². The predicted molar refractivity (Wildman–Crippen MR) is 58.5 cm³/mol. The number of nitrogens with zero attached hydrogens (tertiary/aromatic N) is 2. The molecule has 0 aliphatic heterocycles. The molecule has 0 aromatic carbocycles. The minimum Gasteiger partial charge on any atom is -0.381 e. The number of nitrogens with two attached hydrogens (primary N) is 1. The van der Waals surface area contributed by atoms with Gasteiger partial charge in [-0.25, -0.2) is 0 Å². The highest BCUT2D eigenvalue weighted by atomic mass is 35.5. The second-order valence-corrected chi connectivity index (χ2v) is 4.42. The number of hydrogen-bond acceptors (Lipinski definition) is 2. The summed E-state index contributed by atoms with van der Waals surface area (Å²) >= 11 is 6.14. The molecule has 0 spiro atoms. The first-order valence-electron chi connectivity index (χ1n) is 5.18. The van der Waals surface area contributed by atoms with Gasteiger partial charge in [0.2, 0.25) is 0 Å². The summed E-state index contributed by atoms with van der Waals surface area (Å²) in [5.74, 6) is 1.03. The standard InChI is InChI=1S/C10H16ClN3/c1-14-9(8(11)10(12)13-14)7-5-3-2-4-6-7/h7H,2-6H2,1H3,(H2,12,13). The average molecular weight is 214 g/mol. The molecule has 1 aliphatic rings. The van der Waals surface area contributed by atoms with Crippen LogP contribution >= 0.6 is 11.6 Å². The van der Waals surface area contributed by atoms with Crippen molar-refractivity contribution in [2.24, 2.45) is 7.05 Å². The molecule has 0 saturated heterocycles. The van der Waals surface area contributed by atoms with Crippen molar-refractivity contribution in [3.05, 3.63) is 10.7 Å². The largest absolute Gasteiger partial charge is 0.381 e. The highest BCUT2D eigenvalue weighted by Gasteiger charge is 2.23. The van der Waals surface area contributed by atoms with E-state index < -0.39 is 0 Å². The third kappa shape index (κ3) is 1.61. The fourth-order valence-electron chi connectivity index (χ4n) is 2.35. The minimum absolute atomic E-state index is 0.467. The summed E-state index contributed by atoms with van der Waals surface area (Å²) in [6.45, 7) is 0. The van der Waals surface area contributed by atoms with E-state index in [-0.39, 0.29) is 0 Å². The SMILES string of the molecule is Cn1nc(N)c(Cl)c1C1CCCCC1. The predicted octanol–water partition coefficient (Wildman–Crippen LogP) is 2.70. The summed E-state index contributed by atoms with van der Waals surface area (Å²) in [7, 11) is 1.92. The summed E-state index contributed by atoms with van der Waals surface area (Å²) in [5, 5.41) is 4.81. The molecule has 4 heteroatoms. The van der Waals surface area contributed by atoms with Crippen molar-refractivity contribution in [3.8, 4) is 0 Å². The zero-order valence-electron chi connectivity index (χ0n) is 8.46. The molecule has 14 heavy (non-hydrogen) atoms. The van der Waals surface area contributed by atoms with Gasteiger partial charge in [0, 0.05) is 13.0 Å². The normalized spacial score (nSPS) is 18.7. The lowest BCUT2D eigenvalue weighted by Crippen LogP contribution is -2.09. The Morgan fingerprint density at radius 2 is 2.00 bits per heavy atom. The molecule has 0 atom stereocenters. The van der Waals surface area contributed by atoms with Crippen molar-refractivity contribution in [2.45, 2.75) is 38.0 Å². The van der Waals surface area contributed by atoms with Gasteiger partial charge >= 0.3 is 0 Å². The van der Waals surface area contributed by atoms with E-state index in [2.05, 4.69) is 5.10 Å². The molecular formula is C10H16ClN3. The molecule has 2 rings (SSSR count). The quantitative estimate of drug-likeness (QED) is 0.780. The van der Waals surface area contributed by atoms with E-state index in [0.29, 0.717) is 16.8 Å². The van der Waals surface area contributed by atoms with Crippen LogP contribution < -0.4 is 5.73 Å². The topological polar surface area (TPSA) is 43.8 Å². The van der Waals surface area contributed by atoms with Crippen LogP contribution in [-0.2, 0) is 7.05 Å². The van der Waals surface area contributed by atoms with Gasteiger partial charge in [0.15, 0.2) is 5.82 Å². The molecule has 1 aromatic heterocycles. The first-order chi connectivity index (χ1) is 6.70. The zero-order chi connectivity index (χ0) is 10.1. The number of nitrogen functional groups attached to an aromatic ring is 1. The number of halogens is 1. The van der Waals surface area contributed by atoms with Crippen molar-refractivity contribution in [3.63, 3.8) is 0 Å². The molecule has 0 unspecified atom stereocenters. The highest BCUT2D eigenvalue weighted by molar-refractivity contribution is 6.33. The fraction of sp³-hybridized carbons (Fsp3) is 0.700. The summed E-state index contributed by atoms with van der Waals surface area (Å²) in [6.07, 6.45) is 6.39. The molecule has 1 aliphatic carbocycles. The number of aryl methyl sites for hydroxylation is 1. The van der Waals surface area contributed by atoms with Crippen molar-refractivity contribution >= 4 is 17.4 Å². The van der Waals surface area contributed by atoms with Crippen LogP contribution in [0, 0.1) is 0 Å². The van der Waals surface area contributed by atoms with Crippen LogP contribution in [0.25, 0.3) is 0 Å². The van der Waals surface area contributed by atoms with E-state index in [1.165, 1.54) is 32.1 Å². The third-order valence-electron chi connectivity index (χ3n) is 3.05. The minimum atomic E-state index is 0.467. The van der Waals surface area contributed by atoms with Gasteiger partial charge in [-0.2, -0.15) is 5.10 Å². The van der Waals surface area contributed by atoms with Crippen LogP contribution in [-0.4, -0.2) is 9.78 Å². The van der Waals surface area contributed by atoms with Crippen molar-refractivity contribution < 1.29 is 0 Å². The van der Waals surface area contributed by atoms with Crippen LogP contribution in [0.1, 0.15) is 43.7 Å². The van der Waals surface area contributed by atoms with Crippen molar-refractivity contribution in [2.75, 3.05) is 5.73 Å². The van der Waals surface area contributed by atoms with Crippen LogP contribution in [0.5, 0.6) is 0 Å². The molecular weight excluding hydrogens is 198 g/mol. The second-order valence-electron chi connectivity index (χ2n) is 4.04. The lowest BCUT2D eigenvalue weighted by atomic mass is 9.87. The van der Waals surface area contributed by atoms with E-state index in [1.807, 2.05) is 11.7 Å². The fourth-order valence-corrected chi connectivity index (χ4v) is 2.67. The Kier molecular flexibility index (Phi) is 2.68. The Hall–Kier alpha value is -0.700. The van der Waals surface area contributed by atoms with Gasteiger partial charge in [-0.1, -0.05) is 30.9 Å². The summed E-state index contributed by atoms with van der Waals surface area (Å²) in [6, 6.07) is 0. The highest BCUT2D eigenvalue weighted by Crippen LogP contribution is 2.37. The van der Waals surface area contributed by atoms with Crippen LogP contribution in [0.15, 0.2) is 0 Å². The number of anilines is 1. The molecule has 3 nitrogen and oxygen atoms in total. The Balaban J connectivity index is 2.29. The Morgan fingerprint density at radius 3 is 2.50 bits per heavy atom. The van der Waals surface area contributed by atoms with E-state index in [0.717, 1.165) is 5.69 Å². The average Bonchev–Trinajstić information content (AvgIpc) is 2.43. The van der Waals surface area contributed by atoms with Gasteiger partial charge < -0.3 is 5.73 Å². The van der Waals surface area contributed by atoms with Gasteiger partial charge in [0.1, 0.15) is 5.02 Å². The molecule has 78 valence electrons. The van der Waals surface area contributed by atoms with E-state index in [9.17, 15) is 0 Å². The maximum atomic E-state index is 6.14. The first-order valence-corrected chi connectivity index (χ1v) is 5.56. The number of hydrogen-bond donors (Lipinski definition) is 1. The smallest absolute Gasteiger partial charge is 0.164 e. The summed E-state index contributed by atoms with van der Waals surface area (Å²) < 4.78 is 1.84. The third-order valence-corrected chi connectivity index (χ3v) is 3.44. The summed E-state index contributed by atoms with van der Waals surface area (Å²) in [5.41, 5.74) is 6.81. The molecule has 0 radical (unpaired) electrons. The van der Waals surface area contributed by atoms with Gasteiger partial charge in [-0.3, -0.25) is 4.68 Å². The molecule has 1 heterocycles. The molecule has 1 fully saturated rings. The van der Waals surface area contributed by atoms with Gasteiger partial charge in [-0.05, 0) is 12.8 Å². The lowest BCUT2D eigenvalue weighted by Gasteiger charge is -2.21. The maximum absolute atomic E-state index is 6.14. The monoisotopic (exact) mass is 213 g/mol. The Morgan fingerprint density at radius 1 is 1.36 bits per heavy atom. The molecule has 1 aromatic rings. The van der Waals surface area contributed by atoms with Gasteiger partial charge in [0.05, 0.1) is 5.69 Å². The molecule has 0 bridgehead atoms. The van der Waals surface area contributed by atoms with Crippen LogP contribution in [0.3, 0.4) is 0 Å². The van der Waals surface area contributed by atoms with E-state index >= 15 is 0 Å². The van der Waals surface area contributed by atoms with Crippen molar-refractivity contribution in [1.29, 1.82) is 0 Å². The van der Waals surface area contributed by atoms with Gasteiger partial charge in [0.25, 0.3) is 0 Å². The van der Waals surface area contributed by atoms with E-state index in [1.54, 1.807) is 0 Å². The lowest BCUT2D eigenvalue weighted by molar-refractivity contribution is 0.424. The van der Waals surface area contributed by atoms with Crippen LogP contribution in [0.4, 0.5) is 5.82 Å². The Labute approximate surface area is 89.2 Å². The number of aromatic nitrogens is 2.